The molecule has 0 aliphatic heterocycles. The molecule has 0 radical (unpaired) electrons. The van der Waals surface area contributed by atoms with Gasteiger partial charge in [0.05, 0.1) is 4.92 Å². The van der Waals surface area contributed by atoms with Gasteiger partial charge in [0.2, 0.25) is 11.8 Å². The van der Waals surface area contributed by atoms with Crippen LogP contribution in [0.5, 0.6) is 5.75 Å². The third-order valence-corrected chi connectivity index (χ3v) is 6.15. The van der Waals surface area contributed by atoms with Crippen LogP contribution in [0.2, 0.25) is 0 Å². The highest BCUT2D eigenvalue weighted by atomic mass is 16.7. The molecule has 0 saturated carbocycles. The van der Waals surface area contributed by atoms with Crippen LogP contribution >= 0.6 is 0 Å². The van der Waals surface area contributed by atoms with Gasteiger partial charge in [-0.25, -0.2) is 4.79 Å². The Hall–Kier alpha value is -4.61. The highest BCUT2D eigenvalue weighted by Crippen LogP contribution is 2.20. The van der Waals surface area contributed by atoms with Crippen molar-refractivity contribution >= 4 is 40.9 Å². The fourth-order valence-electron chi connectivity index (χ4n) is 3.74. The molecule has 0 fully saturated rings. The van der Waals surface area contributed by atoms with Gasteiger partial charge in [-0.1, -0.05) is 26.0 Å². The van der Waals surface area contributed by atoms with Gasteiger partial charge in [0, 0.05) is 43.0 Å². The summed E-state index contributed by atoms with van der Waals surface area (Å²) < 4.78 is 10.0. The summed E-state index contributed by atoms with van der Waals surface area (Å²) in [5, 5.41) is 16.1. The fraction of sp³-hybridized carbons (Fsp3) is 0.414. The van der Waals surface area contributed by atoms with Gasteiger partial charge in [-0.2, -0.15) is 0 Å². The van der Waals surface area contributed by atoms with Gasteiger partial charge in [0.1, 0.15) is 30.0 Å². The van der Waals surface area contributed by atoms with Crippen molar-refractivity contribution in [3.63, 3.8) is 0 Å². The minimum Gasteiger partial charge on any atom is -0.429 e. The van der Waals surface area contributed by atoms with Crippen LogP contribution < -0.4 is 15.4 Å². The van der Waals surface area contributed by atoms with Crippen LogP contribution in [0.25, 0.3) is 0 Å². The van der Waals surface area contributed by atoms with E-state index in [9.17, 15) is 34.1 Å². The number of benzene rings is 2. The molecular weight excluding hydrogens is 534 g/mol. The number of nitrogens with one attached hydrogen (secondary N) is 2. The quantitative estimate of drug-likeness (QED) is 0.133. The molecule has 0 saturated heterocycles. The molecule has 0 aliphatic carbocycles. The zero-order valence-corrected chi connectivity index (χ0v) is 23.5. The van der Waals surface area contributed by atoms with E-state index in [-0.39, 0.29) is 48.4 Å². The highest BCUT2D eigenvalue weighted by Gasteiger charge is 2.27. The molecule has 2 aromatic rings. The van der Waals surface area contributed by atoms with E-state index < -0.39 is 34.9 Å². The Morgan fingerprint density at radius 2 is 1.54 bits per heavy atom. The average molecular weight is 570 g/mol. The number of hydrogen-bond acceptors (Lipinski definition) is 9. The van der Waals surface area contributed by atoms with Crippen molar-refractivity contribution in [2.24, 2.45) is 11.8 Å². The Bertz CT molecular complexity index is 1240. The lowest BCUT2D eigenvalue weighted by atomic mass is 9.88. The molecule has 0 aromatic heterocycles. The maximum absolute atomic E-state index is 12.8. The van der Waals surface area contributed by atoms with Crippen molar-refractivity contribution < 1.29 is 38.4 Å². The summed E-state index contributed by atoms with van der Waals surface area (Å²) in [5.74, 6) is -1.55. The smallest absolute Gasteiger partial charge is 0.429 e. The Kier molecular flexibility index (Phi) is 12.6. The van der Waals surface area contributed by atoms with Gasteiger partial charge in [-0.15, -0.1) is 0 Å². The normalized spacial score (nSPS) is 12.1. The molecule has 0 bridgehead atoms. The van der Waals surface area contributed by atoms with Crippen molar-refractivity contribution in [1.82, 2.24) is 5.32 Å². The molecule has 2 atom stereocenters. The molecule has 0 spiro atoms. The van der Waals surface area contributed by atoms with Crippen LogP contribution in [-0.2, 0) is 30.5 Å². The lowest BCUT2D eigenvalue weighted by molar-refractivity contribution is -0.384. The fourth-order valence-corrected chi connectivity index (χ4v) is 3.74. The summed E-state index contributed by atoms with van der Waals surface area (Å²) in [4.78, 5) is 70.9. The molecular formula is C29H35N3O9. The first-order chi connectivity index (χ1) is 19.3. The predicted molar refractivity (Wildman–Crippen MR) is 149 cm³/mol. The summed E-state index contributed by atoms with van der Waals surface area (Å²) in [7, 11) is 0. The summed E-state index contributed by atoms with van der Waals surface area (Å²) in [5.41, 5.74) is 0.923. The number of amides is 2. The number of nitrogens with zero attached hydrogens (tertiary/aromatic N) is 1. The van der Waals surface area contributed by atoms with Gasteiger partial charge in [0.25, 0.3) is 5.69 Å². The van der Waals surface area contributed by atoms with E-state index in [0.29, 0.717) is 24.1 Å². The lowest BCUT2D eigenvalue weighted by Crippen LogP contribution is -2.45. The second-order valence-electron chi connectivity index (χ2n) is 9.96. The van der Waals surface area contributed by atoms with Gasteiger partial charge >= 0.3 is 6.16 Å². The maximum Gasteiger partial charge on any atom is 0.514 e. The molecule has 12 nitrogen and oxygen atoms in total. The zero-order valence-electron chi connectivity index (χ0n) is 23.5. The molecule has 41 heavy (non-hydrogen) atoms. The number of nitro benzene ring substituents is 1. The van der Waals surface area contributed by atoms with Crippen LogP contribution in [0.1, 0.15) is 58.9 Å². The maximum atomic E-state index is 12.8. The molecule has 2 N–H and O–H groups in total. The standard InChI is InChI=1S/C29H35N3O9/c1-18(2)26(16-24(34)7-5-6-19(3)33)28(36)30-20(4)27(35)31-22-10-8-21(9-11-22)17-40-29(37)41-25-14-12-23(13-15-25)32(38)39/h8-15,18,20,26H,5-7,16-17H2,1-4H3,(H,30,36)(H,31,35)/t20-,26-/m0/s1. The number of non-ortho nitro benzene ring substituents is 1. The van der Waals surface area contributed by atoms with Crippen LogP contribution in [0.4, 0.5) is 16.2 Å². The lowest BCUT2D eigenvalue weighted by Gasteiger charge is -2.22. The largest absolute Gasteiger partial charge is 0.514 e. The Labute approximate surface area is 237 Å². The van der Waals surface area contributed by atoms with E-state index >= 15 is 0 Å². The number of carbonyl (C=O) groups excluding carboxylic acids is 5. The Balaban J connectivity index is 1.82. The number of rotatable bonds is 15. The molecule has 0 unspecified atom stereocenters. The Morgan fingerprint density at radius 3 is 2.10 bits per heavy atom. The second kappa shape index (κ2) is 15.8. The number of anilines is 1. The van der Waals surface area contributed by atoms with E-state index in [2.05, 4.69) is 10.6 Å². The van der Waals surface area contributed by atoms with Gasteiger partial charge in [-0.3, -0.25) is 24.5 Å². The molecule has 12 heteroatoms. The number of Topliss-reactive ketones (excluding diaryl/α,β-unsaturated/α-hetero) is 2. The van der Waals surface area contributed by atoms with Crippen LogP contribution in [-0.4, -0.2) is 40.5 Å². The number of nitro groups is 1. The van der Waals surface area contributed by atoms with Gasteiger partial charge < -0.3 is 24.9 Å². The summed E-state index contributed by atoms with van der Waals surface area (Å²) in [6.45, 7) is 6.56. The third-order valence-electron chi connectivity index (χ3n) is 6.15. The first-order valence-corrected chi connectivity index (χ1v) is 13.2. The Morgan fingerprint density at radius 1 is 0.902 bits per heavy atom. The van der Waals surface area contributed by atoms with Crippen molar-refractivity contribution in [2.75, 3.05) is 5.32 Å². The van der Waals surface area contributed by atoms with Crippen LogP contribution in [0, 0.1) is 22.0 Å². The zero-order chi connectivity index (χ0) is 30.5. The SMILES string of the molecule is CC(=O)CCCC(=O)C[C@H](C(=O)N[C@@H](C)C(=O)Nc1ccc(COC(=O)Oc2ccc([N+](=O)[O-])cc2)cc1)C(C)C. The minimum absolute atomic E-state index is 0.0142. The number of hydrogen-bond donors (Lipinski definition) is 2. The first kappa shape index (κ1) is 32.6. The van der Waals surface area contributed by atoms with Gasteiger partial charge in [0.15, 0.2) is 0 Å². The average Bonchev–Trinajstić information content (AvgIpc) is 2.91. The first-order valence-electron chi connectivity index (χ1n) is 13.2. The van der Waals surface area contributed by atoms with Crippen molar-refractivity contribution in [3.8, 4) is 5.75 Å². The van der Waals surface area contributed by atoms with Gasteiger partial charge in [-0.05, 0) is 56.0 Å². The minimum atomic E-state index is -0.988. The summed E-state index contributed by atoms with van der Waals surface area (Å²) >= 11 is 0. The monoisotopic (exact) mass is 569 g/mol. The summed E-state index contributed by atoms with van der Waals surface area (Å²) in [6.07, 6.45) is 0.0656. The second-order valence-corrected chi connectivity index (χ2v) is 9.96. The van der Waals surface area contributed by atoms with Crippen molar-refractivity contribution in [1.29, 1.82) is 0 Å². The van der Waals surface area contributed by atoms with Crippen LogP contribution in [0.3, 0.4) is 0 Å². The molecule has 2 rings (SSSR count). The topological polar surface area (TPSA) is 171 Å². The highest BCUT2D eigenvalue weighted by molar-refractivity contribution is 5.97. The van der Waals surface area contributed by atoms with Crippen molar-refractivity contribution in [3.05, 3.63) is 64.2 Å². The van der Waals surface area contributed by atoms with E-state index in [0.717, 1.165) is 0 Å². The molecule has 220 valence electrons. The van der Waals surface area contributed by atoms with E-state index in [4.69, 9.17) is 9.47 Å². The molecule has 2 aromatic carbocycles. The molecule has 0 heterocycles. The number of ether oxygens (including phenoxy) is 2. The predicted octanol–water partition coefficient (Wildman–Crippen LogP) is 4.74. The molecule has 2 amide bonds. The van der Waals surface area contributed by atoms with E-state index in [1.54, 1.807) is 24.3 Å². The molecule has 0 aliphatic rings. The van der Waals surface area contributed by atoms with Crippen molar-refractivity contribution in [2.45, 2.75) is 66.0 Å². The van der Waals surface area contributed by atoms with E-state index in [1.807, 2.05) is 13.8 Å². The number of ketones is 2. The number of carbonyl (C=O) groups is 5. The summed E-state index contributed by atoms with van der Waals surface area (Å²) in [6, 6.07) is 10.6. The van der Waals surface area contributed by atoms with Crippen LogP contribution in [0.15, 0.2) is 48.5 Å². The third kappa shape index (κ3) is 11.6. The van der Waals surface area contributed by atoms with E-state index in [1.165, 1.54) is 38.1 Å².